The predicted octanol–water partition coefficient (Wildman–Crippen LogP) is 11.0. The summed E-state index contributed by atoms with van der Waals surface area (Å²) in [4.78, 5) is 0. The lowest BCUT2D eigenvalue weighted by Crippen LogP contribution is -2.41. The van der Waals surface area contributed by atoms with Crippen LogP contribution in [-0.4, -0.2) is 0 Å². The molecule has 3 unspecified atom stereocenters. The van der Waals surface area contributed by atoms with E-state index in [2.05, 4.69) is 121 Å². The molecule has 0 aromatic heterocycles. The van der Waals surface area contributed by atoms with Gasteiger partial charge in [-0.3, -0.25) is 0 Å². The van der Waals surface area contributed by atoms with Gasteiger partial charge in [0.1, 0.15) is 0 Å². The zero-order valence-corrected chi connectivity index (χ0v) is 22.6. The van der Waals surface area contributed by atoms with Crippen molar-refractivity contribution in [3.05, 3.63) is 72.9 Å². The third-order valence-electron chi connectivity index (χ3n) is 6.57. The highest BCUT2D eigenvalue weighted by molar-refractivity contribution is 5.34. The number of unbranched alkanes of at least 4 members (excludes halogenated alkanes) is 6. The second-order valence-electron chi connectivity index (χ2n) is 9.04. The van der Waals surface area contributed by atoms with Gasteiger partial charge < -0.3 is 0 Å². The third kappa shape index (κ3) is 9.51. The molecule has 0 saturated carbocycles. The molecule has 32 heavy (non-hydrogen) atoms. The maximum atomic E-state index is 2.55. The van der Waals surface area contributed by atoms with Crippen LogP contribution in [0, 0.1) is 16.7 Å². The van der Waals surface area contributed by atoms with Gasteiger partial charge in [0.05, 0.1) is 0 Å². The van der Waals surface area contributed by atoms with Gasteiger partial charge in [0.15, 0.2) is 0 Å². The fourth-order valence-corrected chi connectivity index (χ4v) is 4.73. The van der Waals surface area contributed by atoms with Gasteiger partial charge in [0, 0.05) is 16.7 Å². The Balaban J connectivity index is 6.84. The summed E-state index contributed by atoms with van der Waals surface area (Å²) in [5.74, 6) is 0.311. The standard InChI is InChI=1S/C32H54/c1-8-15-18-21-25-30(24-11-4)32(27-13-6,29-23-20-17-10-3)31(14-7,26-12-5)28-22-19-16-9-2/h11-13,21-30H,8-10,14-20H2,1-7H3. The smallest absolute Gasteiger partial charge is 0.0284 e. The number of rotatable bonds is 18. The maximum Gasteiger partial charge on any atom is 0.0284 e. The Morgan fingerprint density at radius 1 is 0.562 bits per heavy atom. The highest BCUT2D eigenvalue weighted by Gasteiger charge is 2.46. The van der Waals surface area contributed by atoms with Crippen LogP contribution in [0.1, 0.15) is 113 Å². The summed E-state index contributed by atoms with van der Waals surface area (Å²) < 4.78 is 0. The van der Waals surface area contributed by atoms with Crippen molar-refractivity contribution in [1.82, 2.24) is 0 Å². The molecule has 0 fully saturated rings. The summed E-state index contributed by atoms with van der Waals surface area (Å²) >= 11 is 0. The van der Waals surface area contributed by atoms with Gasteiger partial charge in [0.2, 0.25) is 0 Å². The molecule has 0 spiro atoms. The van der Waals surface area contributed by atoms with Crippen LogP contribution in [0.5, 0.6) is 0 Å². The van der Waals surface area contributed by atoms with E-state index < -0.39 is 0 Å². The maximum absolute atomic E-state index is 2.55. The zero-order chi connectivity index (χ0) is 24.1. The molecular weight excluding hydrogens is 384 g/mol. The fraction of sp³-hybridized carbons (Fsp3) is 0.625. The summed E-state index contributed by atoms with van der Waals surface area (Å²) in [6.45, 7) is 15.7. The summed E-state index contributed by atoms with van der Waals surface area (Å²) in [5.41, 5.74) is -0.196. The van der Waals surface area contributed by atoms with Gasteiger partial charge >= 0.3 is 0 Å². The first kappa shape index (κ1) is 30.4. The molecule has 0 aliphatic carbocycles. The average Bonchev–Trinajstić information content (AvgIpc) is 2.80. The third-order valence-corrected chi connectivity index (χ3v) is 6.57. The number of allylic oxidation sites excluding steroid dienone is 12. The molecule has 0 aromatic carbocycles. The van der Waals surface area contributed by atoms with E-state index in [1.165, 1.54) is 38.5 Å². The quantitative estimate of drug-likeness (QED) is 0.147. The van der Waals surface area contributed by atoms with Crippen molar-refractivity contribution in [2.75, 3.05) is 0 Å². The van der Waals surface area contributed by atoms with Crippen LogP contribution < -0.4 is 0 Å². The van der Waals surface area contributed by atoms with E-state index >= 15 is 0 Å². The molecule has 0 nitrogen and oxygen atoms in total. The van der Waals surface area contributed by atoms with E-state index in [4.69, 9.17) is 0 Å². The van der Waals surface area contributed by atoms with E-state index in [0.717, 1.165) is 25.7 Å². The van der Waals surface area contributed by atoms with Crippen LogP contribution in [0.25, 0.3) is 0 Å². The Hall–Kier alpha value is -1.56. The van der Waals surface area contributed by atoms with Gasteiger partial charge in [0.25, 0.3) is 0 Å². The first-order valence-corrected chi connectivity index (χ1v) is 13.5. The van der Waals surface area contributed by atoms with Crippen molar-refractivity contribution >= 4 is 0 Å². The van der Waals surface area contributed by atoms with E-state index in [9.17, 15) is 0 Å². The fourth-order valence-electron chi connectivity index (χ4n) is 4.73. The summed E-state index contributed by atoms with van der Waals surface area (Å²) in [5, 5.41) is 0. The molecule has 0 aromatic rings. The first-order chi connectivity index (χ1) is 15.6. The normalized spacial score (nSPS) is 18.1. The predicted molar refractivity (Wildman–Crippen MR) is 149 cm³/mol. The van der Waals surface area contributed by atoms with Crippen molar-refractivity contribution in [3.63, 3.8) is 0 Å². The van der Waals surface area contributed by atoms with Crippen LogP contribution >= 0.6 is 0 Å². The molecule has 3 atom stereocenters. The lowest BCUT2D eigenvalue weighted by molar-refractivity contribution is 0.209. The Kier molecular flexibility index (Phi) is 18.0. The van der Waals surface area contributed by atoms with E-state index in [0.29, 0.717) is 5.92 Å². The van der Waals surface area contributed by atoms with Crippen molar-refractivity contribution < 1.29 is 0 Å². The highest BCUT2D eigenvalue weighted by atomic mass is 14.5. The lowest BCUT2D eigenvalue weighted by Gasteiger charge is -2.48. The topological polar surface area (TPSA) is 0 Å². The Bertz CT molecular complexity index is 612. The van der Waals surface area contributed by atoms with E-state index in [1.54, 1.807) is 0 Å². The molecule has 0 N–H and O–H groups in total. The minimum absolute atomic E-state index is 0.0655. The lowest BCUT2D eigenvalue weighted by atomic mass is 9.55. The highest BCUT2D eigenvalue weighted by Crippen LogP contribution is 2.54. The monoisotopic (exact) mass is 438 g/mol. The van der Waals surface area contributed by atoms with E-state index in [1.807, 2.05) is 0 Å². The Morgan fingerprint density at radius 3 is 1.56 bits per heavy atom. The summed E-state index contributed by atoms with van der Waals surface area (Å²) in [7, 11) is 0. The van der Waals surface area contributed by atoms with Crippen LogP contribution in [0.15, 0.2) is 72.9 Å². The molecule has 0 heteroatoms. The zero-order valence-electron chi connectivity index (χ0n) is 22.6. The van der Waals surface area contributed by atoms with Crippen molar-refractivity contribution in [2.45, 2.75) is 113 Å². The second kappa shape index (κ2) is 19.0. The van der Waals surface area contributed by atoms with Crippen LogP contribution in [0.4, 0.5) is 0 Å². The Labute approximate surface area is 202 Å². The molecule has 0 aliphatic rings. The van der Waals surface area contributed by atoms with Gasteiger partial charge in [-0.15, -0.1) is 0 Å². The van der Waals surface area contributed by atoms with Crippen molar-refractivity contribution in [2.24, 2.45) is 16.7 Å². The average molecular weight is 439 g/mol. The van der Waals surface area contributed by atoms with Crippen LogP contribution in [0.2, 0.25) is 0 Å². The van der Waals surface area contributed by atoms with Gasteiger partial charge in [-0.05, 0) is 46.5 Å². The molecule has 0 radical (unpaired) electrons. The Morgan fingerprint density at radius 2 is 1.09 bits per heavy atom. The first-order valence-electron chi connectivity index (χ1n) is 13.5. The SMILES string of the molecule is CC=CC(C=CCCCC)C(C=CC)(C=CCCCC)C(C=CC)(C=CCCCC)CC. The van der Waals surface area contributed by atoms with Crippen molar-refractivity contribution in [3.8, 4) is 0 Å². The molecule has 0 aliphatic heterocycles. The van der Waals surface area contributed by atoms with E-state index in [-0.39, 0.29) is 10.8 Å². The largest absolute Gasteiger partial charge is 0.0910 e. The molecule has 0 amide bonds. The number of hydrogen-bond acceptors (Lipinski definition) is 0. The van der Waals surface area contributed by atoms with Gasteiger partial charge in [-0.25, -0.2) is 0 Å². The van der Waals surface area contributed by atoms with Crippen molar-refractivity contribution in [1.29, 1.82) is 0 Å². The molecule has 0 heterocycles. The molecule has 182 valence electrons. The second-order valence-corrected chi connectivity index (χ2v) is 9.04. The molecule has 0 bridgehead atoms. The summed E-state index contributed by atoms with van der Waals surface area (Å²) in [6.07, 6.45) is 41.0. The molecule has 0 saturated heterocycles. The van der Waals surface area contributed by atoms with Gasteiger partial charge in [-0.1, -0.05) is 139 Å². The minimum atomic E-state index is -0.130. The summed E-state index contributed by atoms with van der Waals surface area (Å²) in [6, 6.07) is 0. The minimum Gasteiger partial charge on any atom is -0.0910 e. The van der Waals surface area contributed by atoms with Crippen LogP contribution in [-0.2, 0) is 0 Å². The van der Waals surface area contributed by atoms with Gasteiger partial charge in [-0.2, -0.15) is 0 Å². The van der Waals surface area contributed by atoms with Crippen LogP contribution in [0.3, 0.4) is 0 Å². The number of hydrogen-bond donors (Lipinski definition) is 0. The molecule has 0 rings (SSSR count). The molecular formula is C32H54.